The zero-order chi connectivity index (χ0) is 25.0. The van der Waals surface area contributed by atoms with Gasteiger partial charge in [-0.25, -0.2) is 4.98 Å². The highest BCUT2D eigenvalue weighted by Gasteiger charge is 2.71. The van der Waals surface area contributed by atoms with Gasteiger partial charge in [-0.05, 0) is 57.9 Å². The van der Waals surface area contributed by atoms with Crippen LogP contribution in [0, 0.1) is 5.92 Å². The van der Waals surface area contributed by atoms with Crippen LogP contribution >= 0.6 is 0 Å². The average molecular weight is 493 g/mol. The van der Waals surface area contributed by atoms with Crippen LogP contribution in [0.2, 0.25) is 0 Å². The van der Waals surface area contributed by atoms with E-state index in [0.29, 0.717) is 23.2 Å². The van der Waals surface area contributed by atoms with E-state index in [1.165, 1.54) is 12.3 Å². The van der Waals surface area contributed by atoms with Gasteiger partial charge in [0.1, 0.15) is 0 Å². The van der Waals surface area contributed by atoms with Crippen LogP contribution in [0.25, 0.3) is 11.3 Å². The van der Waals surface area contributed by atoms with Gasteiger partial charge < -0.3 is 15.2 Å². The number of hydrogen-bond donors (Lipinski definition) is 1. The lowest BCUT2D eigenvalue weighted by Crippen LogP contribution is -2.37. The highest BCUT2D eigenvalue weighted by molar-refractivity contribution is 5.65. The standard InChI is InChI=1S/C24H31F3N6O2/c1-14(2)33-19(11-18(31-33)15-9-20(22(28)30-13-15)35-24(25,26)27)21-17-10-16(12-23(17,21)29-3)32-5-4-7-34-8-6-32/h9,11,13-14,16-17,21H,3-8,10,12H2,1-2H3,(H2,28,30)/t16-,17-,21+,23+/m1/s1. The first-order valence-electron chi connectivity index (χ1n) is 12.0. The van der Waals surface area contributed by atoms with Gasteiger partial charge in [0.25, 0.3) is 0 Å². The van der Waals surface area contributed by atoms with Gasteiger partial charge in [0.05, 0.1) is 17.8 Å². The summed E-state index contributed by atoms with van der Waals surface area (Å²) < 4.78 is 50.0. The van der Waals surface area contributed by atoms with Crippen LogP contribution in [-0.4, -0.2) is 70.6 Å². The molecular weight excluding hydrogens is 461 g/mol. The number of nitrogens with zero attached hydrogens (tertiary/aromatic N) is 5. The average Bonchev–Trinajstić information content (AvgIpc) is 3.07. The molecule has 3 heterocycles. The molecule has 0 amide bonds. The zero-order valence-electron chi connectivity index (χ0n) is 20.0. The van der Waals surface area contributed by atoms with Gasteiger partial charge in [0.15, 0.2) is 11.6 Å². The second-order valence-electron chi connectivity index (χ2n) is 9.98. The first kappa shape index (κ1) is 24.1. The normalized spacial score (nSPS) is 29.1. The molecule has 0 radical (unpaired) electrons. The van der Waals surface area contributed by atoms with Crippen LogP contribution in [0.1, 0.15) is 50.8 Å². The summed E-state index contributed by atoms with van der Waals surface area (Å²) in [5, 5.41) is 4.73. The molecule has 1 saturated heterocycles. The molecule has 190 valence electrons. The summed E-state index contributed by atoms with van der Waals surface area (Å²) in [5.74, 6) is -0.320. The van der Waals surface area contributed by atoms with E-state index in [1.54, 1.807) is 0 Å². The molecule has 0 aromatic carbocycles. The van der Waals surface area contributed by atoms with Gasteiger partial charge in [0.2, 0.25) is 0 Å². The van der Waals surface area contributed by atoms with Crippen molar-refractivity contribution in [3.63, 3.8) is 0 Å². The monoisotopic (exact) mass is 492 g/mol. The Kier molecular flexibility index (Phi) is 6.03. The number of hydrogen-bond acceptors (Lipinski definition) is 7. The lowest BCUT2D eigenvalue weighted by Gasteiger charge is -2.29. The second kappa shape index (κ2) is 8.77. The minimum atomic E-state index is -4.86. The summed E-state index contributed by atoms with van der Waals surface area (Å²) in [7, 11) is 0. The van der Waals surface area contributed by atoms with Crippen molar-refractivity contribution in [1.82, 2.24) is 19.7 Å². The van der Waals surface area contributed by atoms with Crippen LogP contribution in [0.15, 0.2) is 23.3 Å². The Balaban J connectivity index is 1.42. The van der Waals surface area contributed by atoms with Crippen molar-refractivity contribution < 1.29 is 22.6 Å². The number of anilines is 1. The van der Waals surface area contributed by atoms with Gasteiger partial charge in [0, 0.05) is 55.2 Å². The van der Waals surface area contributed by atoms with E-state index in [1.807, 2.05) is 24.6 Å². The van der Waals surface area contributed by atoms with Gasteiger partial charge in [-0.2, -0.15) is 5.10 Å². The summed E-state index contributed by atoms with van der Waals surface area (Å²) >= 11 is 0. The Morgan fingerprint density at radius 2 is 2.09 bits per heavy atom. The molecule has 3 fully saturated rings. The maximum absolute atomic E-state index is 12.8. The SMILES string of the molecule is C=N[C@@]12C[C@H](N3CCCOCC3)C[C@@H]1[C@H]2c1cc(-c2cnc(N)c(OC(F)(F)F)c2)nn1C(C)C. The molecule has 2 aromatic heterocycles. The molecule has 5 rings (SSSR count). The van der Waals surface area contributed by atoms with Crippen molar-refractivity contribution >= 4 is 12.5 Å². The van der Waals surface area contributed by atoms with Crippen LogP contribution in [0.5, 0.6) is 5.75 Å². The molecule has 2 aliphatic carbocycles. The lowest BCUT2D eigenvalue weighted by atomic mass is 10.00. The van der Waals surface area contributed by atoms with Gasteiger partial charge in [-0.3, -0.25) is 14.6 Å². The smallest absolute Gasteiger partial charge is 0.402 e. The molecule has 35 heavy (non-hydrogen) atoms. The van der Waals surface area contributed by atoms with Crippen LogP contribution in [0.4, 0.5) is 19.0 Å². The third-order valence-electron chi connectivity index (χ3n) is 7.61. The summed E-state index contributed by atoms with van der Waals surface area (Å²) in [6.45, 7) is 11.6. The van der Waals surface area contributed by atoms with Crippen molar-refractivity contribution in [2.24, 2.45) is 10.9 Å². The van der Waals surface area contributed by atoms with Gasteiger partial charge in [-0.15, -0.1) is 13.2 Å². The maximum Gasteiger partial charge on any atom is 0.573 e. The molecule has 0 unspecified atom stereocenters. The predicted octanol–water partition coefficient (Wildman–Crippen LogP) is 4.04. The molecule has 0 spiro atoms. The van der Waals surface area contributed by atoms with Crippen LogP contribution in [0.3, 0.4) is 0 Å². The van der Waals surface area contributed by atoms with E-state index >= 15 is 0 Å². The highest BCUT2D eigenvalue weighted by Crippen LogP contribution is 2.69. The summed E-state index contributed by atoms with van der Waals surface area (Å²) in [6, 6.07) is 3.70. The van der Waals surface area contributed by atoms with E-state index in [-0.39, 0.29) is 23.3 Å². The molecule has 8 nitrogen and oxygen atoms in total. The fourth-order valence-electron chi connectivity index (χ4n) is 6.02. The minimum Gasteiger partial charge on any atom is -0.402 e. The predicted molar refractivity (Wildman–Crippen MR) is 125 cm³/mol. The largest absolute Gasteiger partial charge is 0.573 e. The van der Waals surface area contributed by atoms with Crippen molar-refractivity contribution in [1.29, 1.82) is 0 Å². The molecular formula is C24H31F3N6O2. The number of rotatable bonds is 6. The number of fused-ring (bicyclic) bond motifs is 1. The number of nitrogen functional groups attached to an aromatic ring is 1. The Bertz CT molecular complexity index is 1100. The van der Waals surface area contributed by atoms with Crippen molar-refractivity contribution in [3.8, 4) is 17.0 Å². The molecule has 2 saturated carbocycles. The molecule has 3 aliphatic rings. The van der Waals surface area contributed by atoms with E-state index in [2.05, 4.69) is 26.3 Å². The Morgan fingerprint density at radius 1 is 1.29 bits per heavy atom. The van der Waals surface area contributed by atoms with Crippen molar-refractivity contribution in [2.45, 2.75) is 63.0 Å². The molecule has 2 aromatic rings. The zero-order valence-corrected chi connectivity index (χ0v) is 20.0. The number of aromatic nitrogens is 3. The third kappa shape index (κ3) is 4.40. The van der Waals surface area contributed by atoms with E-state index < -0.39 is 12.1 Å². The maximum atomic E-state index is 12.8. The highest BCUT2D eigenvalue weighted by atomic mass is 19.4. The topological polar surface area (TPSA) is 90.8 Å². The number of nitrogens with two attached hydrogens (primary N) is 1. The first-order valence-corrected chi connectivity index (χ1v) is 12.0. The third-order valence-corrected chi connectivity index (χ3v) is 7.61. The van der Waals surface area contributed by atoms with Crippen molar-refractivity contribution in [2.75, 3.05) is 32.0 Å². The second-order valence-corrected chi connectivity index (χ2v) is 9.98. The van der Waals surface area contributed by atoms with Gasteiger partial charge in [-0.1, -0.05) is 0 Å². The fourth-order valence-corrected chi connectivity index (χ4v) is 6.02. The Labute approximate surface area is 202 Å². The lowest BCUT2D eigenvalue weighted by molar-refractivity contribution is -0.274. The fraction of sp³-hybridized carbons (Fsp3) is 0.625. The van der Waals surface area contributed by atoms with E-state index in [9.17, 15) is 13.2 Å². The van der Waals surface area contributed by atoms with E-state index in [4.69, 9.17) is 15.6 Å². The molecule has 4 atom stereocenters. The summed E-state index contributed by atoms with van der Waals surface area (Å²) in [6.07, 6.45) is -0.423. The molecule has 11 heteroatoms. The molecule has 0 bridgehead atoms. The summed E-state index contributed by atoms with van der Waals surface area (Å²) in [5.41, 5.74) is 7.34. The van der Waals surface area contributed by atoms with E-state index in [0.717, 1.165) is 51.3 Å². The number of alkyl halides is 3. The number of ether oxygens (including phenoxy) is 2. The quantitative estimate of drug-likeness (QED) is 0.612. The van der Waals surface area contributed by atoms with Crippen LogP contribution < -0.4 is 10.5 Å². The Hall–Kier alpha value is -2.66. The molecule has 1 aliphatic heterocycles. The van der Waals surface area contributed by atoms with Gasteiger partial charge >= 0.3 is 6.36 Å². The molecule has 2 N–H and O–H groups in total. The number of halogens is 3. The number of pyridine rings is 1. The Morgan fingerprint density at radius 3 is 2.77 bits per heavy atom. The van der Waals surface area contributed by atoms with Crippen LogP contribution in [-0.2, 0) is 4.74 Å². The number of aliphatic imine (C=N–C) groups is 1. The van der Waals surface area contributed by atoms with Crippen molar-refractivity contribution in [3.05, 3.63) is 24.0 Å². The first-order chi connectivity index (χ1) is 16.6. The summed E-state index contributed by atoms with van der Waals surface area (Å²) in [4.78, 5) is 11.1. The minimum absolute atomic E-state index is 0.0631.